The summed E-state index contributed by atoms with van der Waals surface area (Å²) >= 11 is 0. The van der Waals surface area contributed by atoms with Gasteiger partial charge >= 0.3 is 0 Å². The molecule has 0 spiro atoms. The Morgan fingerprint density at radius 3 is 1.70 bits per heavy atom. The van der Waals surface area contributed by atoms with Gasteiger partial charge in [-0.1, -0.05) is 184 Å². The maximum Gasteiger partial charge on any atom is 0.159 e. The third kappa shape index (κ3) is 6.44. The van der Waals surface area contributed by atoms with Crippen LogP contribution in [0.25, 0.3) is 60.9 Å². The van der Waals surface area contributed by atoms with E-state index in [1.165, 1.54) is 27.8 Å². The lowest BCUT2D eigenvalue weighted by Gasteiger charge is -2.29. The predicted molar refractivity (Wildman–Crippen MR) is 274 cm³/mol. The highest BCUT2D eigenvalue weighted by molar-refractivity contribution is 6.14. The minimum Gasteiger partial charge on any atom is -0.507 e. The SMILES string of the molecule is CC1(C)c2ccccc2-c2ccc(N(c3ccccc3-c3ccccc3)c3cccc4c3oc3c(N(C5=CCC(c6ccccc6O)=C5)c5ccc(-c6ccccc6)cc5)cccc34)cc21. The van der Waals surface area contributed by atoms with Gasteiger partial charge in [-0.25, -0.2) is 0 Å². The number of aromatic hydroxyl groups is 1. The maximum atomic E-state index is 10.9. The van der Waals surface area contributed by atoms with Crippen molar-refractivity contribution in [1.29, 1.82) is 0 Å². The molecule has 0 amide bonds. The minimum absolute atomic E-state index is 0.182. The van der Waals surface area contributed by atoms with Gasteiger partial charge in [0.05, 0.1) is 17.1 Å². The van der Waals surface area contributed by atoms with Crippen LogP contribution in [0, 0.1) is 0 Å². The van der Waals surface area contributed by atoms with Crippen molar-refractivity contribution in [2.45, 2.75) is 25.7 Å². The topological polar surface area (TPSA) is 39.9 Å². The zero-order valence-corrected chi connectivity index (χ0v) is 36.8. The second-order valence-corrected chi connectivity index (χ2v) is 17.8. The molecule has 0 atom stereocenters. The van der Waals surface area contributed by atoms with Gasteiger partial charge in [-0.05, 0) is 106 Å². The number of hydrogen-bond donors (Lipinski definition) is 1. The molecule has 0 fully saturated rings. The highest BCUT2D eigenvalue weighted by atomic mass is 16.3. The summed E-state index contributed by atoms with van der Waals surface area (Å²) in [6.07, 6.45) is 5.13. The van der Waals surface area contributed by atoms with E-state index in [0.717, 1.165) is 83.9 Å². The molecule has 0 unspecified atom stereocenters. The number of nitrogens with zero attached hydrogens (tertiary/aromatic N) is 2. The van der Waals surface area contributed by atoms with Gasteiger partial charge in [-0.3, -0.25) is 0 Å². The van der Waals surface area contributed by atoms with E-state index in [-0.39, 0.29) is 11.2 Å². The van der Waals surface area contributed by atoms with Crippen molar-refractivity contribution in [2.24, 2.45) is 0 Å². The largest absolute Gasteiger partial charge is 0.507 e. The van der Waals surface area contributed by atoms with Crippen molar-refractivity contribution < 1.29 is 9.52 Å². The van der Waals surface area contributed by atoms with Gasteiger partial charge in [0, 0.05) is 44.4 Å². The standard InChI is InChI=1S/C62H46N2O2/c1-62(2)54-26-12-9-23-50(54)51-38-37-47(40-55(51)62)64(56-27-13-10-21-48(56)43-19-7-4-8-20-43)58-29-16-25-53-52-24-15-28-57(60(52)66-61(53)58)63(45-34-31-42(32-35-45)41-17-5-3-6-18-41)46-36-33-44(39-46)49-22-11-14-30-59(49)65/h3-32,34-40,65H,33H2,1-2H3. The first-order valence-electron chi connectivity index (χ1n) is 22.7. The van der Waals surface area contributed by atoms with E-state index in [1.807, 2.05) is 24.3 Å². The number of allylic oxidation sites excluding steroid dienone is 3. The Labute approximate surface area is 385 Å². The number of fused-ring (bicyclic) bond motifs is 6. The lowest BCUT2D eigenvalue weighted by Crippen LogP contribution is -2.17. The molecule has 2 aliphatic rings. The molecule has 1 N–H and O–H groups in total. The summed E-state index contributed by atoms with van der Waals surface area (Å²) in [4.78, 5) is 4.70. The fourth-order valence-corrected chi connectivity index (χ4v) is 10.4. The van der Waals surface area contributed by atoms with Gasteiger partial charge in [0.25, 0.3) is 0 Å². The van der Waals surface area contributed by atoms with Crippen molar-refractivity contribution in [3.63, 3.8) is 0 Å². The van der Waals surface area contributed by atoms with Gasteiger partial charge < -0.3 is 19.3 Å². The maximum absolute atomic E-state index is 10.9. The molecule has 0 saturated carbocycles. The highest BCUT2D eigenvalue weighted by Gasteiger charge is 2.36. The van der Waals surface area contributed by atoms with Gasteiger partial charge in [0.15, 0.2) is 11.2 Å². The molecule has 9 aromatic carbocycles. The van der Waals surface area contributed by atoms with Crippen molar-refractivity contribution in [3.05, 3.63) is 247 Å². The van der Waals surface area contributed by atoms with E-state index in [2.05, 4.69) is 218 Å². The van der Waals surface area contributed by atoms with Crippen LogP contribution in [0.3, 0.4) is 0 Å². The average molecular weight is 851 g/mol. The Kier molecular flexibility index (Phi) is 9.35. The minimum atomic E-state index is -0.182. The van der Waals surface area contributed by atoms with Crippen molar-refractivity contribution in [1.82, 2.24) is 0 Å². The third-order valence-corrected chi connectivity index (χ3v) is 13.6. The molecular weight excluding hydrogens is 805 g/mol. The predicted octanol–water partition coefficient (Wildman–Crippen LogP) is 16.9. The molecular formula is C62H46N2O2. The van der Waals surface area contributed by atoms with E-state index in [4.69, 9.17) is 4.42 Å². The molecule has 0 bridgehead atoms. The van der Waals surface area contributed by atoms with Crippen LogP contribution in [-0.2, 0) is 5.41 Å². The number of furan rings is 1. The smallest absolute Gasteiger partial charge is 0.159 e. The molecule has 0 aliphatic heterocycles. The number of para-hydroxylation sites is 4. The Hall–Kier alpha value is -8.34. The highest BCUT2D eigenvalue weighted by Crippen LogP contribution is 2.53. The summed E-state index contributed by atoms with van der Waals surface area (Å²) in [7, 11) is 0. The Morgan fingerprint density at radius 2 is 0.985 bits per heavy atom. The quantitative estimate of drug-likeness (QED) is 0.157. The summed E-state index contributed by atoms with van der Waals surface area (Å²) in [5, 5.41) is 13.0. The molecule has 66 heavy (non-hydrogen) atoms. The van der Waals surface area contributed by atoms with E-state index in [9.17, 15) is 5.11 Å². The van der Waals surface area contributed by atoms with Gasteiger partial charge in [0.2, 0.25) is 0 Å². The number of phenols is 1. The van der Waals surface area contributed by atoms with E-state index >= 15 is 0 Å². The molecule has 12 rings (SSSR count). The molecule has 0 radical (unpaired) electrons. The first-order chi connectivity index (χ1) is 32.4. The molecule has 4 nitrogen and oxygen atoms in total. The number of rotatable bonds is 9. The Bertz CT molecular complexity index is 3540. The summed E-state index contributed by atoms with van der Waals surface area (Å²) in [6.45, 7) is 4.68. The second-order valence-electron chi connectivity index (χ2n) is 17.8. The third-order valence-electron chi connectivity index (χ3n) is 13.6. The van der Waals surface area contributed by atoms with Crippen molar-refractivity contribution in [2.75, 3.05) is 9.80 Å². The number of anilines is 5. The summed E-state index contributed by atoms with van der Waals surface area (Å²) < 4.78 is 7.38. The first-order valence-corrected chi connectivity index (χ1v) is 22.7. The van der Waals surface area contributed by atoms with Crippen LogP contribution in [0.15, 0.2) is 235 Å². The Morgan fingerprint density at radius 1 is 0.439 bits per heavy atom. The molecule has 1 aromatic heterocycles. The zero-order chi connectivity index (χ0) is 44.4. The van der Waals surface area contributed by atoms with Crippen LogP contribution in [0.1, 0.15) is 37.0 Å². The van der Waals surface area contributed by atoms with Crippen LogP contribution < -0.4 is 9.80 Å². The molecule has 0 saturated heterocycles. The fourth-order valence-electron chi connectivity index (χ4n) is 10.4. The summed E-state index contributed by atoms with van der Waals surface area (Å²) in [5.74, 6) is 0.277. The lowest BCUT2D eigenvalue weighted by atomic mass is 9.82. The molecule has 316 valence electrons. The lowest BCUT2D eigenvalue weighted by molar-refractivity contribution is 0.473. The summed E-state index contributed by atoms with van der Waals surface area (Å²) in [6, 6.07) is 75.0. The monoisotopic (exact) mass is 850 g/mol. The van der Waals surface area contributed by atoms with E-state index in [0.29, 0.717) is 6.42 Å². The molecule has 10 aromatic rings. The fraction of sp³-hybridized carbons (Fsp3) is 0.0645. The number of hydrogen-bond acceptors (Lipinski definition) is 4. The van der Waals surface area contributed by atoms with Crippen molar-refractivity contribution >= 4 is 55.9 Å². The van der Waals surface area contributed by atoms with E-state index < -0.39 is 0 Å². The first kappa shape index (κ1) is 39.3. The number of benzene rings is 9. The Balaban J connectivity index is 1.06. The second kappa shape index (κ2) is 15.7. The van der Waals surface area contributed by atoms with Gasteiger partial charge in [0.1, 0.15) is 5.75 Å². The zero-order valence-electron chi connectivity index (χ0n) is 36.8. The van der Waals surface area contributed by atoms with Crippen LogP contribution in [-0.4, -0.2) is 5.11 Å². The normalized spacial score (nSPS) is 13.6. The summed E-state index contributed by atoms with van der Waals surface area (Å²) in [5.41, 5.74) is 19.1. The van der Waals surface area contributed by atoms with Crippen molar-refractivity contribution in [3.8, 4) is 39.1 Å². The van der Waals surface area contributed by atoms with Crippen LogP contribution in [0.2, 0.25) is 0 Å². The van der Waals surface area contributed by atoms with Crippen LogP contribution in [0.5, 0.6) is 5.75 Å². The molecule has 1 heterocycles. The molecule has 2 aliphatic carbocycles. The van der Waals surface area contributed by atoms with Gasteiger partial charge in [-0.15, -0.1) is 0 Å². The molecule has 4 heteroatoms. The van der Waals surface area contributed by atoms with E-state index in [1.54, 1.807) is 6.07 Å². The van der Waals surface area contributed by atoms with Crippen LogP contribution in [0.4, 0.5) is 28.4 Å². The van der Waals surface area contributed by atoms with Gasteiger partial charge in [-0.2, -0.15) is 0 Å². The average Bonchev–Trinajstić information content (AvgIpc) is 4.07. The van der Waals surface area contributed by atoms with Crippen LogP contribution >= 0.6 is 0 Å². The number of phenolic OH excluding ortho intramolecular Hbond substituents is 1.